The summed E-state index contributed by atoms with van der Waals surface area (Å²) >= 11 is 6.28. The molecule has 1 unspecified atom stereocenters. The lowest BCUT2D eigenvalue weighted by Crippen LogP contribution is -2.52. The Morgan fingerprint density at radius 2 is 1.67 bits per heavy atom. The summed E-state index contributed by atoms with van der Waals surface area (Å²) in [6.07, 6.45) is 5.81. The standard InChI is InChI=1S/C33H40ClN3O5S/c1-42-30-18-9-17-29(23-30)37(43(2,40)41)20-10-19-32(38)36(24-26-13-8-14-27(34)21-26)31(22-25-11-4-3-5-12-25)33(39)35-28-15-6-7-16-28/h3-5,8-9,11-14,17-18,21,23,28,31H,6-7,10,15-16,19-20,22,24H2,1-2H3,(H,35,39). The molecule has 0 spiro atoms. The zero-order chi connectivity index (χ0) is 30.8. The number of amides is 2. The number of nitrogens with one attached hydrogen (secondary N) is 1. The highest BCUT2D eigenvalue weighted by Crippen LogP contribution is 2.25. The van der Waals surface area contributed by atoms with Crippen LogP contribution in [0.15, 0.2) is 78.9 Å². The third-order valence-corrected chi connectivity index (χ3v) is 9.14. The van der Waals surface area contributed by atoms with Crippen molar-refractivity contribution in [3.8, 4) is 5.75 Å². The van der Waals surface area contributed by atoms with E-state index in [4.69, 9.17) is 16.3 Å². The van der Waals surface area contributed by atoms with Gasteiger partial charge in [-0.15, -0.1) is 0 Å². The number of rotatable bonds is 14. The van der Waals surface area contributed by atoms with E-state index in [1.54, 1.807) is 41.3 Å². The van der Waals surface area contributed by atoms with Gasteiger partial charge in [0.05, 0.1) is 19.1 Å². The summed E-state index contributed by atoms with van der Waals surface area (Å²) in [6, 6.07) is 23.1. The highest BCUT2D eigenvalue weighted by Gasteiger charge is 2.32. The van der Waals surface area contributed by atoms with E-state index < -0.39 is 16.1 Å². The zero-order valence-electron chi connectivity index (χ0n) is 24.7. The highest BCUT2D eigenvalue weighted by atomic mass is 35.5. The maximum atomic E-state index is 14.0. The molecule has 0 bridgehead atoms. The average Bonchev–Trinajstić information content (AvgIpc) is 3.50. The van der Waals surface area contributed by atoms with Gasteiger partial charge in [0.2, 0.25) is 21.8 Å². The fraction of sp³-hybridized carbons (Fsp3) is 0.394. The van der Waals surface area contributed by atoms with Crippen LogP contribution in [0.5, 0.6) is 5.75 Å². The average molecular weight is 626 g/mol. The molecule has 3 aromatic carbocycles. The second kappa shape index (κ2) is 15.3. The van der Waals surface area contributed by atoms with Gasteiger partial charge in [-0.1, -0.05) is 73.0 Å². The third-order valence-electron chi connectivity index (χ3n) is 7.71. The molecule has 4 rings (SSSR count). The number of hydrogen-bond donors (Lipinski definition) is 1. The van der Waals surface area contributed by atoms with E-state index >= 15 is 0 Å². The number of carbonyl (C=O) groups excluding carboxylic acids is 2. The van der Waals surface area contributed by atoms with Gasteiger partial charge in [0, 0.05) is 43.1 Å². The first-order chi connectivity index (χ1) is 20.6. The van der Waals surface area contributed by atoms with Gasteiger partial charge in [0.25, 0.3) is 0 Å². The van der Waals surface area contributed by atoms with Gasteiger partial charge >= 0.3 is 0 Å². The number of anilines is 1. The minimum atomic E-state index is -3.62. The summed E-state index contributed by atoms with van der Waals surface area (Å²) in [7, 11) is -2.10. The molecular weight excluding hydrogens is 586 g/mol. The van der Waals surface area contributed by atoms with Crippen LogP contribution >= 0.6 is 11.6 Å². The summed E-state index contributed by atoms with van der Waals surface area (Å²) < 4.78 is 32.0. The molecule has 1 saturated carbocycles. The lowest BCUT2D eigenvalue weighted by molar-refractivity contribution is -0.141. The second-order valence-corrected chi connectivity index (χ2v) is 13.3. The number of methoxy groups -OCH3 is 1. The maximum Gasteiger partial charge on any atom is 0.243 e. The lowest BCUT2D eigenvalue weighted by Gasteiger charge is -2.33. The van der Waals surface area contributed by atoms with Crippen LogP contribution in [0, 0.1) is 0 Å². The molecule has 10 heteroatoms. The van der Waals surface area contributed by atoms with E-state index in [-0.39, 0.29) is 43.8 Å². The molecule has 0 heterocycles. The van der Waals surface area contributed by atoms with Crippen molar-refractivity contribution in [2.45, 2.75) is 63.6 Å². The van der Waals surface area contributed by atoms with Gasteiger partial charge < -0.3 is 15.0 Å². The predicted molar refractivity (Wildman–Crippen MR) is 171 cm³/mol. The van der Waals surface area contributed by atoms with Crippen molar-refractivity contribution in [1.29, 1.82) is 0 Å². The smallest absolute Gasteiger partial charge is 0.243 e. The number of carbonyl (C=O) groups is 2. The van der Waals surface area contributed by atoms with Gasteiger partial charge in [0.1, 0.15) is 11.8 Å². The van der Waals surface area contributed by atoms with Crippen LogP contribution < -0.4 is 14.4 Å². The summed E-state index contributed by atoms with van der Waals surface area (Å²) in [5.41, 5.74) is 2.21. The molecule has 0 aliphatic heterocycles. The Morgan fingerprint density at radius 1 is 0.977 bits per heavy atom. The van der Waals surface area contributed by atoms with E-state index in [0.717, 1.165) is 43.1 Å². The zero-order valence-corrected chi connectivity index (χ0v) is 26.3. The normalized spacial score (nSPS) is 14.2. The van der Waals surface area contributed by atoms with Gasteiger partial charge in [-0.05, 0) is 54.7 Å². The SMILES string of the molecule is COc1cccc(N(CCCC(=O)N(Cc2cccc(Cl)c2)C(Cc2ccccc2)C(=O)NC2CCCC2)S(C)(=O)=O)c1. The minimum Gasteiger partial charge on any atom is -0.497 e. The van der Waals surface area contributed by atoms with Crippen molar-refractivity contribution in [3.63, 3.8) is 0 Å². The van der Waals surface area contributed by atoms with Crippen molar-refractivity contribution in [2.24, 2.45) is 0 Å². The van der Waals surface area contributed by atoms with E-state index in [2.05, 4.69) is 5.32 Å². The molecule has 0 aromatic heterocycles. The topological polar surface area (TPSA) is 96.0 Å². The highest BCUT2D eigenvalue weighted by molar-refractivity contribution is 7.92. The molecule has 1 aliphatic rings. The maximum absolute atomic E-state index is 14.0. The fourth-order valence-electron chi connectivity index (χ4n) is 5.52. The van der Waals surface area contributed by atoms with Crippen molar-refractivity contribution < 1.29 is 22.7 Å². The minimum absolute atomic E-state index is 0.0541. The van der Waals surface area contributed by atoms with Crippen LogP contribution in [-0.4, -0.2) is 57.1 Å². The number of nitrogens with zero attached hydrogens (tertiary/aromatic N) is 2. The van der Waals surface area contributed by atoms with Crippen LogP contribution in [0.3, 0.4) is 0 Å². The number of ether oxygens (including phenoxy) is 1. The molecule has 8 nitrogen and oxygen atoms in total. The first kappa shape index (κ1) is 32.4. The summed E-state index contributed by atoms with van der Waals surface area (Å²) in [5, 5.41) is 3.74. The quantitative estimate of drug-likeness (QED) is 0.252. The van der Waals surface area contributed by atoms with Gasteiger partial charge in [-0.25, -0.2) is 8.42 Å². The summed E-state index contributed by atoms with van der Waals surface area (Å²) in [5.74, 6) is 0.119. The van der Waals surface area contributed by atoms with E-state index in [1.165, 1.54) is 11.4 Å². The third kappa shape index (κ3) is 9.46. The molecule has 1 aliphatic carbocycles. The van der Waals surface area contributed by atoms with Crippen molar-refractivity contribution in [3.05, 3.63) is 95.0 Å². The molecule has 2 amide bonds. The van der Waals surface area contributed by atoms with Crippen LogP contribution in [0.4, 0.5) is 5.69 Å². The number of benzene rings is 3. The molecule has 3 aromatic rings. The number of sulfonamides is 1. The summed E-state index contributed by atoms with van der Waals surface area (Å²) in [6.45, 7) is 0.293. The lowest BCUT2D eigenvalue weighted by atomic mass is 10.0. The Labute approximate surface area is 260 Å². The van der Waals surface area contributed by atoms with Crippen LogP contribution in [0.1, 0.15) is 49.7 Å². The van der Waals surface area contributed by atoms with E-state index in [9.17, 15) is 18.0 Å². The number of halogens is 1. The second-order valence-electron chi connectivity index (χ2n) is 11.0. The van der Waals surface area contributed by atoms with E-state index in [1.807, 2.05) is 42.5 Å². The Morgan fingerprint density at radius 3 is 2.35 bits per heavy atom. The Balaban J connectivity index is 1.59. The molecule has 1 fully saturated rings. The van der Waals surface area contributed by atoms with Crippen molar-refractivity contribution >= 4 is 39.1 Å². The van der Waals surface area contributed by atoms with E-state index in [0.29, 0.717) is 22.9 Å². The van der Waals surface area contributed by atoms with Crippen molar-refractivity contribution in [1.82, 2.24) is 10.2 Å². The largest absolute Gasteiger partial charge is 0.497 e. The summed E-state index contributed by atoms with van der Waals surface area (Å²) in [4.78, 5) is 29.5. The Bertz CT molecular complexity index is 1480. The van der Waals surface area contributed by atoms with Crippen molar-refractivity contribution in [2.75, 3.05) is 24.2 Å². The molecular formula is C33H40ClN3O5S. The Hall–Kier alpha value is -3.56. The van der Waals surface area contributed by atoms with Crippen LogP contribution in [0.25, 0.3) is 0 Å². The first-order valence-electron chi connectivity index (χ1n) is 14.6. The monoisotopic (exact) mass is 625 g/mol. The first-order valence-corrected chi connectivity index (χ1v) is 16.9. The van der Waals surface area contributed by atoms with Gasteiger partial charge in [-0.2, -0.15) is 0 Å². The fourth-order valence-corrected chi connectivity index (χ4v) is 6.69. The molecule has 1 N–H and O–H groups in total. The Kier molecular flexibility index (Phi) is 11.5. The van der Waals surface area contributed by atoms with Crippen LogP contribution in [0.2, 0.25) is 5.02 Å². The number of hydrogen-bond acceptors (Lipinski definition) is 5. The van der Waals surface area contributed by atoms with Crippen LogP contribution in [-0.2, 0) is 32.6 Å². The molecule has 1 atom stereocenters. The molecule has 0 saturated heterocycles. The predicted octanol–water partition coefficient (Wildman–Crippen LogP) is 5.59. The van der Waals surface area contributed by atoms with Gasteiger partial charge in [-0.3, -0.25) is 13.9 Å². The van der Waals surface area contributed by atoms with Gasteiger partial charge in [0.15, 0.2) is 0 Å². The molecule has 43 heavy (non-hydrogen) atoms. The molecule has 0 radical (unpaired) electrons. The molecule has 230 valence electrons.